The average Bonchev–Trinajstić information content (AvgIpc) is 2.45. The first kappa shape index (κ1) is 7.57. The fraction of sp³-hybridized carbons (Fsp3) is 0.250. The molecule has 0 saturated heterocycles. The highest BCUT2D eigenvalue weighted by molar-refractivity contribution is 5.80. The Labute approximate surface area is 79.7 Å². The molecule has 1 atom stereocenters. The second-order valence-electron chi connectivity index (χ2n) is 3.21. The lowest BCUT2D eigenvalue weighted by Gasteiger charge is -2.21. The number of hydrogen-bond acceptors (Lipinski definition) is 5. The zero-order chi connectivity index (χ0) is 9.71. The van der Waals surface area contributed by atoms with Crippen molar-refractivity contribution < 1.29 is 4.74 Å². The molecule has 0 fully saturated rings. The molecule has 1 aliphatic heterocycles. The normalized spacial score (nSPS) is 19.1. The number of hydrogen-bond donors (Lipinski definition) is 2. The van der Waals surface area contributed by atoms with E-state index in [2.05, 4.69) is 15.4 Å². The largest absolute Gasteiger partial charge is 0.439 e. The van der Waals surface area contributed by atoms with E-state index in [0.717, 1.165) is 16.9 Å². The minimum absolute atomic E-state index is 0.523. The van der Waals surface area contributed by atoms with E-state index in [1.807, 2.05) is 13.0 Å². The Hall–Kier alpha value is -1.82. The molecule has 6 heteroatoms. The van der Waals surface area contributed by atoms with Crippen molar-refractivity contribution in [3.05, 3.63) is 18.1 Å². The first-order valence-corrected chi connectivity index (χ1v) is 4.28. The van der Waals surface area contributed by atoms with Crippen LogP contribution < -0.4 is 15.8 Å². The molecule has 14 heavy (non-hydrogen) atoms. The van der Waals surface area contributed by atoms with Gasteiger partial charge in [0.2, 0.25) is 12.2 Å². The average molecular weight is 191 g/mol. The van der Waals surface area contributed by atoms with Gasteiger partial charge in [0.05, 0.1) is 5.69 Å². The summed E-state index contributed by atoms with van der Waals surface area (Å²) in [5.74, 6) is 0.523. The third kappa shape index (κ3) is 0.828. The fourth-order valence-electron chi connectivity index (χ4n) is 1.67. The van der Waals surface area contributed by atoms with Crippen LogP contribution in [0.5, 0.6) is 5.88 Å². The molecule has 2 aromatic rings. The van der Waals surface area contributed by atoms with E-state index in [0.29, 0.717) is 5.88 Å². The van der Waals surface area contributed by atoms with Crippen LogP contribution >= 0.6 is 0 Å². The maximum Gasteiger partial charge on any atom is 0.246 e. The molecule has 72 valence electrons. The Morgan fingerprint density at radius 3 is 3.36 bits per heavy atom. The summed E-state index contributed by atoms with van der Waals surface area (Å²) in [7, 11) is 0. The lowest BCUT2D eigenvalue weighted by molar-refractivity contribution is 0.225. The van der Waals surface area contributed by atoms with E-state index < -0.39 is 6.35 Å². The molecule has 0 amide bonds. The van der Waals surface area contributed by atoms with Crippen LogP contribution in [-0.2, 0) is 0 Å². The van der Waals surface area contributed by atoms with Gasteiger partial charge in [0.25, 0.3) is 0 Å². The maximum absolute atomic E-state index is 5.63. The monoisotopic (exact) mass is 191 g/mol. The predicted octanol–water partition coefficient (Wildman–Crippen LogP) is 0.0843. The van der Waals surface area contributed by atoms with Gasteiger partial charge in [-0.25, -0.2) is 4.52 Å². The molecule has 3 heterocycles. The van der Waals surface area contributed by atoms with Gasteiger partial charge in [-0.2, -0.15) is 10.1 Å². The van der Waals surface area contributed by atoms with Crippen LogP contribution in [0.2, 0.25) is 0 Å². The first-order valence-electron chi connectivity index (χ1n) is 4.28. The van der Waals surface area contributed by atoms with Crippen molar-refractivity contribution in [2.75, 3.05) is 5.32 Å². The molecule has 1 unspecified atom stereocenters. The topological polar surface area (TPSA) is 77.5 Å². The third-order valence-corrected chi connectivity index (χ3v) is 2.24. The minimum atomic E-state index is -0.539. The van der Waals surface area contributed by atoms with Crippen LogP contribution in [0.15, 0.2) is 12.4 Å². The van der Waals surface area contributed by atoms with Crippen molar-refractivity contribution in [1.29, 1.82) is 0 Å². The van der Waals surface area contributed by atoms with Crippen LogP contribution in [0, 0.1) is 6.92 Å². The van der Waals surface area contributed by atoms with Crippen molar-refractivity contribution in [3.63, 3.8) is 0 Å². The molecule has 0 aromatic carbocycles. The van der Waals surface area contributed by atoms with E-state index in [1.54, 1.807) is 4.52 Å². The molecule has 0 spiro atoms. The molecule has 0 saturated carbocycles. The highest BCUT2D eigenvalue weighted by Crippen LogP contribution is 2.31. The summed E-state index contributed by atoms with van der Waals surface area (Å²) in [4.78, 5) is 4.03. The zero-order valence-electron chi connectivity index (χ0n) is 7.56. The molecule has 0 radical (unpaired) electrons. The first-order chi connectivity index (χ1) is 6.75. The minimum Gasteiger partial charge on any atom is -0.439 e. The molecule has 3 rings (SSSR count). The predicted molar refractivity (Wildman–Crippen MR) is 50.0 cm³/mol. The second kappa shape index (κ2) is 2.36. The van der Waals surface area contributed by atoms with Crippen molar-refractivity contribution >= 4 is 11.2 Å². The molecule has 2 aromatic heterocycles. The molecular formula is C8H9N5O. The van der Waals surface area contributed by atoms with E-state index in [4.69, 9.17) is 10.5 Å². The quantitative estimate of drug-likeness (QED) is 0.616. The number of anilines is 1. The van der Waals surface area contributed by atoms with Crippen molar-refractivity contribution in [3.8, 4) is 5.88 Å². The van der Waals surface area contributed by atoms with E-state index in [9.17, 15) is 0 Å². The van der Waals surface area contributed by atoms with Gasteiger partial charge in [0, 0.05) is 5.69 Å². The molecule has 0 aliphatic carbocycles. The summed E-state index contributed by atoms with van der Waals surface area (Å²) in [6.07, 6.45) is 0.917. The van der Waals surface area contributed by atoms with Gasteiger partial charge in [-0.05, 0) is 13.0 Å². The van der Waals surface area contributed by atoms with Gasteiger partial charge in [0.15, 0.2) is 5.52 Å². The number of rotatable bonds is 0. The van der Waals surface area contributed by atoms with Crippen LogP contribution in [0.1, 0.15) is 5.69 Å². The fourth-order valence-corrected chi connectivity index (χ4v) is 1.67. The summed E-state index contributed by atoms with van der Waals surface area (Å²) < 4.78 is 7.09. The van der Waals surface area contributed by atoms with Gasteiger partial charge in [0.1, 0.15) is 6.33 Å². The molecule has 6 nitrogen and oxygen atoms in total. The van der Waals surface area contributed by atoms with Crippen molar-refractivity contribution in [2.45, 2.75) is 13.3 Å². The van der Waals surface area contributed by atoms with E-state index in [1.165, 1.54) is 6.33 Å². The highest BCUT2D eigenvalue weighted by atomic mass is 16.5. The smallest absolute Gasteiger partial charge is 0.246 e. The van der Waals surface area contributed by atoms with Gasteiger partial charge < -0.3 is 10.1 Å². The Morgan fingerprint density at radius 1 is 1.64 bits per heavy atom. The van der Waals surface area contributed by atoms with E-state index in [-0.39, 0.29) is 0 Å². The van der Waals surface area contributed by atoms with Crippen LogP contribution in [0.3, 0.4) is 0 Å². The van der Waals surface area contributed by atoms with Crippen LogP contribution in [0.25, 0.3) is 5.52 Å². The van der Waals surface area contributed by atoms with Crippen molar-refractivity contribution in [2.24, 2.45) is 5.73 Å². The standard InChI is InChI=1S/C8H9N5O/c1-4-2-5-6-7(14-8(9)12-5)10-3-11-13(4)6/h2-3,8,12H,9H2,1H3. The van der Waals surface area contributed by atoms with E-state index >= 15 is 0 Å². The number of aromatic nitrogens is 3. The maximum atomic E-state index is 5.63. The number of nitrogens with zero attached hydrogens (tertiary/aromatic N) is 3. The summed E-state index contributed by atoms with van der Waals surface area (Å²) in [5, 5.41) is 7.11. The summed E-state index contributed by atoms with van der Waals surface area (Å²) >= 11 is 0. The second-order valence-corrected chi connectivity index (χ2v) is 3.21. The van der Waals surface area contributed by atoms with Gasteiger partial charge in [-0.15, -0.1) is 0 Å². The van der Waals surface area contributed by atoms with Gasteiger partial charge >= 0.3 is 0 Å². The number of aryl methyl sites for hydroxylation is 1. The number of nitrogens with two attached hydrogens (primary N) is 1. The number of ether oxygens (including phenoxy) is 1. The zero-order valence-corrected chi connectivity index (χ0v) is 7.56. The molecule has 3 N–H and O–H groups in total. The SMILES string of the molecule is Cc1cc2c3c(ncnn13)OC(N)N2. The molecular weight excluding hydrogens is 182 g/mol. The lowest BCUT2D eigenvalue weighted by Crippen LogP contribution is -2.38. The van der Waals surface area contributed by atoms with Crippen molar-refractivity contribution in [1.82, 2.24) is 14.6 Å². The molecule has 1 aliphatic rings. The summed E-state index contributed by atoms with van der Waals surface area (Å²) in [5.41, 5.74) is 8.40. The van der Waals surface area contributed by atoms with Crippen LogP contribution in [0.4, 0.5) is 5.69 Å². The highest BCUT2D eigenvalue weighted by Gasteiger charge is 2.21. The molecule has 0 bridgehead atoms. The summed E-state index contributed by atoms with van der Waals surface area (Å²) in [6.45, 7) is 1.96. The Bertz CT molecular complexity index is 506. The Balaban J connectivity index is 2.41. The van der Waals surface area contributed by atoms with Crippen LogP contribution in [-0.4, -0.2) is 20.9 Å². The third-order valence-electron chi connectivity index (χ3n) is 2.24. The van der Waals surface area contributed by atoms with Gasteiger partial charge in [-0.3, -0.25) is 5.73 Å². The summed E-state index contributed by atoms with van der Waals surface area (Å²) in [6, 6.07) is 1.97. The Morgan fingerprint density at radius 2 is 2.50 bits per heavy atom. The number of nitrogens with one attached hydrogen (secondary N) is 1. The Kier molecular flexibility index (Phi) is 1.27. The van der Waals surface area contributed by atoms with Gasteiger partial charge in [-0.1, -0.05) is 0 Å². The lowest BCUT2D eigenvalue weighted by atomic mass is 10.4.